The molecular formula is C18H21N5O2. The van der Waals surface area contributed by atoms with Gasteiger partial charge >= 0.3 is 6.03 Å². The number of anilines is 1. The van der Waals surface area contributed by atoms with Gasteiger partial charge in [-0.25, -0.2) is 9.48 Å². The smallest absolute Gasteiger partial charge is 0.323 e. The minimum atomic E-state index is -0.276. The third kappa shape index (κ3) is 3.22. The van der Waals surface area contributed by atoms with E-state index in [1.54, 1.807) is 26.7 Å². The predicted molar refractivity (Wildman–Crippen MR) is 93.3 cm³/mol. The van der Waals surface area contributed by atoms with Gasteiger partial charge in [-0.1, -0.05) is 18.2 Å². The summed E-state index contributed by atoms with van der Waals surface area (Å²) >= 11 is 0. The molecule has 0 unspecified atom stereocenters. The number of para-hydroxylation sites is 1. The molecule has 1 saturated heterocycles. The molecule has 2 fully saturated rings. The zero-order valence-electron chi connectivity index (χ0n) is 14.2. The van der Waals surface area contributed by atoms with Crippen LogP contribution in [0.15, 0.2) is 36.5 Å². The Morgan fingerprint density at radius 3 is 2.84 bits per heavy atom. The second-order valence-corrected chi connectivity index (χ2v) is 6.74. The summed E-state index contributed by atoms with van der Waals surface area (Å²) < 4.78 is 1.70. The summed E-state index contributed by atoms with van der Waals surface area (Å²) in [6.45, 7) is 3.26. The molecule has 7 nitrogen and oxygen atoms in total. The van der Waals surface area contributed by atoms with E-state index in [2.05, 4.69) is 10.4 Å². The number of rotatable bonds is 4. The molecule has 4 rings (SSSR count). The van der Waals surface area contributed by atoms with Crippen LogP contribution in [0.25, 0.3) is 5.69 Å². The van der Waals surface area contributed by atoms with E-state index in [4.69, 9.17) is 0 Å². The summed E-state index contributed by atoms with van der Waals surface area (Å²) in [6, 6.07) is 9.33. The van der Waals surface area contributed by atoms with Gasteiger partial charge in [0.25, 0.3) is 0 Å². The molecule has 1 aromatic heterocycles. The van der Waals surface area contributed by atoms with Crippen LogP contribution in [-0.2, 0) is 4.79 Å². The largest absolute Gasteiger partial charge is 0.324 e. The fourth-order valence-electron chi connectivity index (χ4n) is 3.09. The van der Waals surface area contributed by atoms with E-state index >= 15 is 0 Å². The first-order valence-electron chi connectivity index (χ1n) is 8.55. The SMILES string of the molecule is Cc1ccccc1-n1nccc1NC(=O)N1CC(=O)N(CC2CC2)C1. The van der Waals surface area contributed by atoms with E-state index < -0.39 is 0 Å². The van der Waals surface area contributed by atoms with Crippen molar-refractivity contribution in [3.8, 4) is 5.69 Å². The van der Waals surface area contributed by atoms with Crippen LogP contribution >= 0.6 is 0 Å². The van der Waals surface area contributed by atoms with Crippen LogP contribution in [0.4, 0.5) is 10.6 Å². The number of urea groups is 1. The molecule has 2 aliphatic rings. The topological polar surface area (TPSA) is 70.5 Å². The number of hydrogen-bond donors (Lipinski definition) is 1. The van der Waals surface area contributed by atoms with Crippen molar-refractivity contribution >= 4 is 17.8 Å². The van der Waals surface area contributed by atoms with E-state index in [0.717, 1.165) is 17.8 Å². The van der Waals surface area contributed by atoms with E-state index in [1.165, 1.54) is 12.8 Å². The average Bonchev–Trinajstić information content (AvgIpc) is 3.17. The molecule has 1 aliphatic heterocycles. The van der Waals surface area contributed by atoms with Crippen molar-refractivity contribution in [2.45, 2.75) is 19.8 Å². The second-order valence-electron chi connectivity index (χ2n) is 6.74. The zero-order chi connectivity index (χ0) is 17.4. The number of hydrogen-bond acceptors (Lipinski definition) is 3. The fourth-order valence-corrected chi connectivity index (χ4v) is 3.09. The lowest BCUT2D eigenvalue weighted by molar-refractivity contribution is -0.126. The minimum absolute atomic E-state index is 0.0226. The number of carbonyl (C=O) groups excluding carboxylic acids is 2. The van der Waals surface area contributed by atoms with Gasteiger partial charge in [-0.05, 0) is 37.3 Å². The van der Waals surface area contributed by atoms with Crippen molar-refractivity contribution in [1.82, 2.24) is 19.6 Å². The molecule has 7 heteroatoms. The summed E-state index contributed by atoms with van der Waals surface area (Å²) in [5, 5.41) is 7.19. The van der Waals surface area contributed by atoms with Gasteiger partial charge in [-0.15, -0.1) is 0 Å². The van der Waals surface area contributed by atoms with Gasteiger partial charge in [-0.2, -0.15) is 5.10 Å². The molecular weight excluding hydrogens is 318 g/mol. The number of benzene rings is 1. The minimum Gasteiger partial charge on any atom is -0.323 e. The summed E-state index contributed by atoms with van der Waals surface area (Å²) in [5.74, 6) is 1.23. The summed E-state index contributed by atoms with van der Waals surface area (Å²) in [7, 11) is 0. The van der Waals surface area contributed by atoms with Crippen molar-refractivity contribution in [3.63, 3.8) is 0 Å². The van der Waals surface area contributed by atoms with Gasteiger partial charge in [0.05, 0.1) is 18.6 Å². The highest BCUT2D eigenvalue weighted by Gasteiger charge is 2.34. The summed E-state index contributed by atoms with van der Waals surface area (Å²) in [6.07, 6.45) is 4.02. The third-order valence-electron chi connectivity index (χ3n) is 4.70. The normalized spacial score (nSPS) is 17.2. The molecule has 2 heterocycles. The highest BCUT2D eigenvalue weighted by molar-refractivity contribution is 5.93. The second kappa shape index (κ2) is 6.23. The van der Waals surface area contributed by atoms with Gasteiger partial charge in [0.15, 0.2) is 0 Å². The maximum Gasteiger partial charge on any atom is 0.324 e. The van der Waals surface area contributed by atoms with Crippen LogP contribution in [-0.4, -0.2) is 51.3 Å². The van der Waals surface area contributed by atoms with Crippen LogP contribution < -0.4 is 5.32 Å². The molecule has 0 atom stereocenters. The fraction of sp³-hybridized carbons (Fsp3) is 0.389. The van der Waals surface area contributed by atoms with Gasteiger partial charge in [0.1, 0.15) is 12.4 Å². The van der Waals surface area contributed by atoms with Crippen molar-refractivity contribution in [1.29, 1.82) is 0 Å². The molecule has 0 radical (unpaired) electrons. The van der Waals surface area contributed by atoms with E-state index in [0.29, 0.717) is 18.4 Å². The number of aryl methyl sites for hydroxylation is 1. The first-order valence-corrected chi connectivity index (χ1v) is 8.55. The van der Waals surface area contributed by atoms with Crippen molar-refractivity contribution in [2.75, 3.05) is 25.1 Å². The Hall–Kier alpha value is -2.83. The molecule has 2 aromatic rings. The highest BCUT2D eigenvalue weighted by atomic mass is 16.2. The standard InChI is InChI=1S/C18H21N5O2/c1-13-4-2-3-5-15(13)23-16(8-9-19-23)20-18(25)22-11-17(24)21(12-22)10-14-6-7-14/h2-5,8-9,14H,6-7,10-12H2,1H3,(H,20,25). The Morgan fingerprint density at radius 2 is 2.08 bits per heavy atom. The van der Waals surface area contributed by atoms with E-state index in [1.807, 2.05) is 31.2 Å². The number of carbonyl (C=O) groups is 2. The van der Waals surface area contributed by atoms with Crippen molar-refractivity contribution in [3.05, 3.63) is 42.1 Å². The summed E-state index contributed by atoms with van der Waals surface area (Å²) in [5.41, 5.74) is 1.98. The number of amides is 3. The molecule has 3 amide bonds. The number of nitrogens with one attached hydrogen (secondary N) is 1. The molecule has 130 valence electrons. The molecule has 0 bridgehead atoms. The van der Waals surface area contributed by atoms with Crippen LogP contribution in [0.1, 0.15) is 18.4 Å². The Balaban J connectivity index is 1.46. The Morgan fingerprint density at radius 1 is 1.28 bits per heavy atom. The van der Waals surface area contributed by atoms with Crippen molar-refractivity contribution in [2.24, 2.45) is 5.92 Å². The lowest BCUT2D eigenvalue weighted by atomic mass is 10.2. The molecule has 1 aliphatic carbocycles. The lowest BCUT2D eigenvalue weighted by Crippen LogP contribution is -2.35. The zero-order valence-corrected chi connectivity index (χ0v) is 14.2. The van der Waals surface area contributed by atoms with Crippen LogP contribution in [0.3, 0.4) is 0 Å². The molecule has 25 heavy (non-hydrogen) atoms. The summed E-state index contributed by atoms with van der Waals surface area (Å²) in [4.78, 5) is 28.0. The molecule has 0 spiro atoms. The van der Waals surface area contributed by atoms with Crippen LogP contribution in [0, 0.1) is 12.8 Å². The van der Waals surface area contributed by atoms with E-state index in [-0.39, 0.29) is 18.5 Å². The molecule has 1 aromatic carbocycles. The van der Waals surface area contributed by atoms with Crippen LogP contribution in [0.2, 0.25) is 0 Å². The number of nitrogens with zero attached hydrogens (tertiary/aromatic N) is 4. The third-order valence-corrected chi connectivity index (χ3v) is 4.70. The Bertz CT molecular complexity index is 811. The Kier molecular flexibility index (Phi) is 3.91. The first-order chi connectivity index (χ1) is 12.1. The maximum absolute atomic E-state index is 12.6. The molecule has 1 saturated carbocycles. The monoisotopic (exact) mass is 339 g/mol. The number of aromatic nitrogens is 2. The lowest BCUT2D eigenvalue weighted by Gasteiger charge is -2.19. The van der Waals surface area contributed by atoms with Crippen LogP contribution in [0.5, 0.6) is 0 Å². The maximum atomic E-state index is 12.6. The first kappa shape index (κ1) is 15.7. The average molecular weight is 339 g/mol. The highest BCUT2D eigenvalue weighted by Crippen LogP contribution is 2.30. The van der Waals surface area contributed by atoms with E-state index in [9.17, 15) is 9.59 Å². The van der Waals surface area contributed by atoms with Crippen molar-refractivity contribution < 1.29 is 9.59 Å². The van der Waals surface area contributed by atoms with Gasteiger partial charge in [-0.3, -0.25) is 15.0 Å². The quantitative estimate of drug-likeness (QED) is 0.928. The van der Waals surface area contributed by atoms with Gasteiger partial charge < -0.3 is 4.90 Å². The van der Waals surface area contributed by atoms with Gasteiger partial charge in [0.2, 0.25) is 5.91 Å². The Labute approximate surface area is 146 Å². The molecule has 1 N–H and O–H groups in total. The predicted octanol–water partition coefficient (Wildman–Crippen LogP) is 2.22. The van der Waals surface area contributed by atoms with Gasteiger partial charge in [0, 0.05) is 12.6 Å².